The van der Waals surface area contributed by atoms with Crippen LogP contribution in [0.3, 0.4) is 0 Å². The number of alkyl halides is 11. The van der Waals surface area contributed by atoms with Crippen LogP contribution in [0.25, 0.3) is 0 Å². The average Bonchev–Trinajstić information content (AvgIpc) is 2.14. The first kappa shape index (κ1) is 18.2. The van der Waals surface area contributed by atoms with Gasteiger partial charge in [0, 0.05) is 6.42 Å². The summed E-state index contributed by atoms with van der Waals surface area (Å²) in [5.74, 6) is -21.3. The quantitative estimate of drug-likeness (QED) is 0.645. The Bertz CT molecular complexity index is 302. The van der Waals surface area contributed by atoms with Gasteiger partial charge in [0.05, 0.1) is 5.92 Å². The summed E-state index contributed by atoms with van der Waals surface area (Å²) in [4.78, 5) is 0. The predicted molar refractivity (Wildman–Crippen MR) is 40.4 cm³/mol. The van der Waals surface area contributed by atoms with E-state index in [1.807, 2.05) is 0 Å². The van der Waals surface area contributed by atoms with Gasteiger partial charge in [-0.15, -0.1) is 0 Å². The molecule has 0 aliphatic carbocycles. The van der Waals surface area contributed by atoms with Crippen molar-refractivity contribution in [2.24, 2.45) is 0 Å². The Balaban J connectivity index is 5.30. The molecule has 0 saturated heterocycles. The lowest BCUT2D eigenvalue weighted by Crippen LogP contribution is -2.58. The first-order chi connectivity index (χ1) is 8.07. The van der Waals surface area contributed by atoms with Gasteiger partial charge in [-0.25, -0.2) is 8.78 Å². The van der Waals surface area contributed by atoms with E-state index in [9.17, 15) is 48.3 Å². The molecule has 1 radical (unpaired) electrons. The minimum Gasteiger partial charge on any atom is -0.203 e. The molecular formula is C8H6F11. The third-order valence-electron chi connectivity index (χ3n) is 2.12. The molecule has 0 aliphatic rings. The summed E-state index contributed by atoms with van der Waals surface area (Å²) < 4.78 is 134. The van der Waals surface area contributed by atoms with Crippen LogP contribution in [0.2, 0.25) is 0 Å². The average molecular weight is 311 g/mol. The van der Waals surface area contributed by atoms with Gasteiger partial charge in [-0.05, 0) is 6.92 Å². The summed E-state index contributed by atoms with van der Waals surface area (Å²) in [5, 5.41) is 0. The zero-order valence-corrected chi connectivity index (χ0v) is 8.94. The summed E-state index contributed by atoms with van der Waals surface area (Å²) in [6.45, 7) is -0.0372. The molecule has 0 aliphatic heterocycles. The van der Waals surface area contributed by atoms with Crippen molar-refractivity contribution in [1.82, 2.24) is 0 Å². The van der Waals surface area contributed by atoms with E-state index in [1.54, 1.807) is 0 Å². The number of hydrogen-bond donors (Lipinski definition) is 0. The van der Waals surface area contributed by atoms with Gasteiger partial charge in [0.1, 0.15) is 0 Å². The first-order valence-corrected chi connectivity index (χ1v) is 4.38. The smallest absolute Gasteiger partial charge is 0.203 e. The van der Waals surface area contributed by atoms with Crippen molar-refractivity contribution in [3.63, 3.8) is 0 Å². The van der Waals surface area contributed by atoms with Gasteiger partial charge < -0.3 is 0 Å². The number of hydrogen-bond acceptors (Lipinski definition) is 0. The summed E-state index contributed by atoms with van der Waals surface area (Å²) in [6, 6.07) is 0. The van der Waals surface area contributed by atoms with Gasteiger partial charge in [-0.2, -0.15) is 39.5 Å². The van der Waals surface area contributed by atoms with Gasteiger partial charge in [-0.1, -0.05) is 0 Å². The van der Waals surface area contributed by atoms with Crippen molar-refractivity contribution in [3.8, 4) is 0 Å². The van der Waals surface area contributed by atoms with Crippen LogP contribution >= 0.6 is 0 Å². The molecular weight excluding hydrogens is 305 g/mol. The molecule has 0 aromatic rings. The van der Waals surface area contributed by atoms with Crippen molar-refractivity contribution >= 4 is 0 Å². The molecule has 115 valence electrons. The fourth-order valence-electron chi connectivity index (χ4n) is 0.925. The lowest BCUT2D eigenvalue weighted by atomic mass is 9.94. The van der Waals surface area contributed by atoms with E-state index in [0.29, 0.717) is 0 Å². The standard InChI is InChI=1S/C8H6F11/c1-3(7(15,16)17)2-5(11,12)8(18,19)6(13,14)4(9)10/h4H,2H2,1H3. The number of rotatable bonds is 5. The Labute approximate surface area is 99.1 Å². The molecule has 11 heteroatoms. The van der Waals surface area contributed by atoms with Crippen LogP contribution in [0, 0.1) is 5.92 Å². The fraction of sp³-hybridized carbons (Fsp3) is 0.875. The first-order valence-electron chi connectivity index (χ1n) is 4.38. The van der Waals surface area contributed by atoms with E-state index in [0.717, 1.165) is 0 Å². The monoisotopic (exact) mass is 311 g/mol. The number of halogens is 11. The lowest BCUT2D eigenvalue weighted by molar-refractivity contribution is -0.340. The molecule has 0 nitrogen and oxygen atoms in total. The van der Waals surface area contributed by atoms with E-state index >= 15 is 0 Å². The largest absolute Gasteiger partial charge is 0.395 e. The Morgan fingerprint density at radius 2 is 1.21 bits per heavy atom. The van der Waals surface area contributed by atoms with E-state index in [1.165, 1.54) is 0 Å². The van der Waals surface area contributed by atoms with Gasteiger partial charge in [0.15, 0.2) is 0 Å². The molecule has 0 fully saturated rings. The lowest BCUT2D eigenvalue weighted by Gasteiger charge is -2.33. The van der Waals surface area contributed by atoms with Crippen LogP contribution < -0.4 is 0 Å². The highest BCUT2D eigenvalue weighted by atomic mass is 19.4. The molecule has 0 saturated carbocycles. The SMILES string of the molecule is C[C](CC(F)(F)C(F)(F)C(F)(F)C(F)F)C(F)(F)F. The summed E-state index contributed by atoms with van der Waals surface area (Å²) in [5.41, 5.74) is 0. The molecule has 0 unspecified atom stereocenters. The second-order valence-electron chi connectivity index (χ2n) is 3.66. The fourth-order valence-corrected chi connectivity index (χ4v) is 0.925. The normalized spacial score (nSPS) is 15.5. The minimum absolute atomic E-state index is 0.0372. The Morgan fingerprint density at radius 1 is 0.842 bits per heavy atom. The zero-order chi connectivity index (χ0) is 15.9. The molecule has 0 aromatic heterocycles. The van der Waals surface area contributed by atoms with Crippen LogP contribution in [-0.4, -0.2) is 30.4 Å². The summed E-state index contributed by atoms with van der Waals surface area (Å²) in [6.07, 6.45) is -13.4. The van der Waals surface area contributed by atoms with Crippen molar-refractivity contribution in [2.45, 2.75) is 43.7 Å². The maximum atomic E-state index is 12.8. The third kappa shape index (κ3) is 3.41. The van der Waals surface area contributed by atoms with E-state index in [4.69, 9.17) is 0 Å². The van der Waals surface area contributed by atoms with Crippen LogP contribution in [0.15, 0.2) is 0 Å². The van der Waals surface area contributed by atoms with Gasteiger partial charge in [0.25, 0.3) is 0 Å². The summed E-state index contributed by atoms with van der Waals surface area (Å²) >= 11 is 0. The Morgan fingerprint density at radius 3 is 1.47 bits per heavy atom. The predicted octanol–water partition coefficient (Wildman–Crippen LogP) is 4.70. The second kappa shape index (κ2) is 4.97. The highest BCUT2D eigenvalue weighted by Crippen LogP contribution is 2.52. The molecule has 19 heavy (non-hydrogen) atoms. The molecule has 0 spiro atoms. The molecule has 0 aromatic carbocycles. The molecule has 0 N–H and O–H groups in total. The summed E-state index contributed by atoms with van der Waals surface area (Å²) in [7, 11) is 0. The third-order valence-corrected chi connectivity index (χ3v) is 2.12. The Hall–Kier alpha value is -0.770. The van der Waals surface area contributed by atoms with Crippen molar-refractivity contribution in [1.29, 1.82) is 0 Å². The van der Waals surface area contributed by atoms with Crippen molar-refractivity contribution in [3.05, 3.63) is 5.92 Å². The molecule has 0 amide bonds. The zero-order valence-electron chi connectivity index (χ0n) is 8.94. The highest BCUT2D eigenvalue weighted by molar-refractivity contribution is 5.05. The van der Waals surface area contributed by atoms with E-state index < -0.39 is 42.7 Å². The van der Waals surface area contributed by atoms with Crippen LogP contribution in [0.1, 0.15) is 13.3 Å². The van der Waals surface area contributed by atoms with Crippen LogP contribution in [-0.2, 0) is 0 Å². The highest BCUT2D eigenvalue weighted by Gasteiger charge is 2.75. The second-order valence-corrected chi connectivity index (χ2v) is 3.66. The van der Waals surface area contributed by atoms with Crippen molar-refractivity contribution in [2.75, 3.05) is 0 Å². The Kier molecular flexibility index (Phi) is 4.77. The molecule has 0 heterocycles. The van der Waals surface area contributed by atoms with E-state index in [-0.39, 0.29) is 6.92 Å². The maximum Gasteiger partial charge on any atom is 0.395 e. The van der Waals surface area contributed by atoms with Crippen LogP contribution in [0.5, 0.6) is 0 Å². The minimum atomic E-state index is -6.62. The maximum absolute atomic E-state index is 12.8. The topological polar surface area (TPSA) is 0 Å². The van der Waals surface area contributed by atoms with Gasteiger partial charge >= 0.3 is 30.4 Å². The molecule has 0 rings (SSSR count). The van der Waals surface area contributed by atoms with Gasteiger partial charge in [-0.3, -0.25) is 0 Å². The molecule has 0 bridgehead atoms. The van der Waals surface area contributed by atoms with Gasteiger partial charge in [0.2, 0.25) is 0 Å². The van der Waals surface area contributed by atoms with Crippen molar-refractivity contribution < 1.29 is 48.3 Å². The molecule has 0 atom stereocenters. The van der Waals surface area contributed by atoms with Crippen LogP contribution in [0.4, 0.5) is 48.3 Å². The van der Waals surface area contributed by atoms with E-state index in [2.05, 4.69) is 0 Å².